The summed E-state index contributed by atoms with van der Waals surface area (Å²) < 4.78 is 12.6. The highest BCUT2D eigenvalue weighted by Gasteiger charge is 2.76. The van der Waals surface area contributed by atoms with Gasteiger partial charge in [0, 0.05) is 16.7 Å². The third kappa shape index (κ3) is 2.66. The van der Waals surface area contributed by atoms with E-state index in [9.17, 15) is 24.9 Å². The number of aliphatic hydroxyl groups excluding tert-OH is 3. The molecule has 32 heavy (non-hydrogen) atoms. The minimum atomic E-state index is -1.29. The van der Waals surface area contributed by atoms with Crippen molar-refractivity contribution < 1.29 is 34.4 Å². The second-order valence-corrected chi connectivity index (χ2v) is 10.9. The number of Topliss-reactive ketones (excluding diaryl/α,β-unsaturated/α-hetero) is 1. The molecule has 5 aliphatic rings. The molecular formula is C25H34O7. The summed E-state index contributed by atoms with van der Waals surface area (Å²) in [4.78, 5) is 25.3. The van der Waals surface area contributed by atoms with E-state index >= 15 is 0 Å². The van der Waals surface area contributed by atoms with Crippen LogP contribution in [0.15, 0.2) is 23.8 Å². The summed E-state index contributed by atoms with van der Waals surface area (Å²) in [5.41, 5.74) is -1.98. The Balaban J connectivity index is 1.58. The lowest BCUT2D eigenvalue weighted by Gasteiger charge is -2.60. The summed E-state index contributed by atoms with van der Waals surface area (Å²) in [5.74, 6) is -0.825. The molecule has 0 aromatic carbocycles. The molecule has 7 heteroatoms. The van der Waals surface area contributed by atoms with Gasteiger partial charge in [0.15, 0.2) is 23.5 Å². The summed E-state index contributed by atoms with van der Waals surface area (Å²) in [5, 5.41) is 32.5. The fraction of sp³-hybridized carbons (Fsp3) is 0.760. The van der Waals surface area contributed by atoms with Crippen LogP contribution >= 0.6 is 0 Å². The number of fused-ring (bicyclic) bond motifs is 7. The molecule has 0 amide bonds. The summed E-state index contributed by atoms with van der Waals surface area (Å²) in [6.07, 6.45) is 5.21. The SMILES string of the molecule is CCCC1O[C@H]2C[C@@H]3[C@@H]4C[C@@H](O)C5=CC(=O)C=C[C@]5(C)[C@@H]4[C@@H](O)C[C@]3(C)[C@@]2(C(=O)CO)O1. The number of ketones is 2. The van der Waals surface area contributed by atoms with Crippen LogP contribution in [0.25, 0.3) is 0 Å². The van der Waals surface area contributed by atoms with Gasteiger partial charge in [-0.3, -0.25) is 9.59 Å². The molecule has 3 saturated carbocycles. The van der Waals surface area contributed by atoms with E-state index in [1.807, 2.05) is 26.8 Å². The topological polar surface area (TPSA) is 113 Å². The quantitative estimate of drug-likeness (QED) is 0.602. The van der Waals surface area contributed by atoms with Gasteiger partial charge in [-0.2, -0.15) is 0 Å². The Morgan fingerprint density at radius 1 is 1.25 bits per heavy atom. The van der Waals surface area contributed by atoms with E-state index in [1.165, 1.54) is 12.2 Å². The van der Waals surface area contributed by atoms with Crippen LogP contribution in [0.2, 0.25) is 0 Å². The maximum Gasteiger partial charge on any atom is 0.193 e. The predicted molar refractivity (Wildman–Crippen MR) is 114 cm³/mol. The van der Waals surface area contributed by atoms with Gasteiger partial charge in [-0.05, 0) is 55.2 Å². The lowest BCUT2D eigenvalue weighted by atomic mass is 9.45. The molecule has 7 nitrogen and oxygen atoms in total. The number of allylic oxidation sites excluding steroid dienone is 3. The van der Waals surface area contributed by atoms with E-state index in [1.54, 1.807) is 0 Å². The van der Waals surface area contributed by atoms with E-state index in [2.05, 4.69) is 0 Å². The van der Waals surface area contributed by atoms with Crippen molar-refractivity contribution in [3.05, 3.63) is 23.8 Å². The fourth-order valence-electron chi connectivity index (χ4n) is 8.18. The van der Waals surface area contributed by atoms with E-state index in [4.69, 9.17) is 9.47 Å². The molecule has 0 radical (unpaired) electrons. The number of ether oxygens (including phenoxy) is 2. The van der Waals surface area contributed by atoms with E-state index in [-0.39, 0.29) is 29.3 Å². The van der Waals surface area contributed by atoms with E-state index in [0.29, 0.717) is 31.3 Å². The second kappa shape index (κ2) is 7.31. The molecule has 3 N–H and O–H groups in total. The Labute approximate surface area is 188 Å². The minimum Gasteiger partial charge on any atom is -0.393 e. The van der Waals surface area contributed by atoms with Crippen molar-refractivity contribution in [2.75, 3.05) is 6.61 Å². The molecule has 0 bridgehead atoms. The van der Waals surface area contributed by atoms with Crippen molar-refractivity contribution in [2.45, 2.75) is 83.1 Å². The normalized spacial score (nSPS) is 51.5. The van der Waals surface area contributed by atoms with Crippen LogP contribution in [-0.2, 0) is 19.1 Å². The molecule has 0 spiro atoms. The highest BCUT2D eigenvalue weighted by atomic mass is 16.7. The zero-order valence-corrected chi connectivity index (χ0v) is 19.0. The Bertz CT molecular complexity index is 895. The fourth-order valence-corrected chi connectivity index (χ4v) is 8.18. The van der Waals surface area contributed by atoms with Crippen LogP contribution in [-0.4, -0.2) is 63.7 Å². The monoisotopic (exact) mass is 446 g/mol. The molecular weight excluding hydrogens is 412 g/mol. The molecule has 1 aliphatic heterocycles. The third-order valence-electron chi connectivity index (χ3n) is 9.39. The third-order valence-corrected chi connectivity index (χ3v) is 9.39. The summed E-state index contributed by atoms with van der Waals surface area (Å²) in [6, 6.07) is 0. The highest BCUT2D eigenvalue weighted by molar-refractivity contribution is 6.01. The smallest absolute Gasteiger partial charge is 0.193 e. The standard InChI is InChI=1S/C25H34O7/c1-4-5-21-31-20-10-15-14-9-17(28)16-8-13(27)6-7-23(16,2)22(14)18(29)11-24(15,3)25(20,32-21)19(30)12-26/h6-8,14-15,17-18,20-22,26,28-29H,4-5,9-12H2,1-3H3/t14-,15+,17+,18-,20-,21?,22-,23-,24-,25-/m0/s1. The van der Waals surface area contributed by atoms with Gasteiger partial charge in [0.25, 0.3) is 0 Å². The Morgan fingerprint density at radius 3 is 2.69 bits per heavy atom. The first kappa shape index (κ1) is 22.4. The molecule has 4 aliphatic carbocycles. The first-order valence-corrected chi connectivity index (χ1v) is 11.9. The Morgan fingerprint density at radius 2 is 2.00 bits per heavy atom. The highest BCUT2D eigenvalue weighted by Crippen LogP contribution is 2.69. The Kier molecular flexibility index (Phi) is 5.12. The van der Waals surface area contributed by atoms with E-state index in [0.717, 1.165) is 6.42 Å². The lowest BCUT2D eigenvalue weighted by molar-refractivity contribution is -0.203. The molecule has 10 atom stereocenters. The zero-order chi connectivity index (χ0) is 23.1. The number of hydrogen-bond acceptors (Lipinski definition) is 7. The second-order valence-electron chi connectivity index (χ2n) is 10.9. The first-order chi connectivity index (χ1) is 15.1. The van der Waals surface area contributed by atoms with Crippen molar-refractivity contribution in [1.29, 1.82) is 0 Å². The zero-order valence-electron chi connectivity index (χ0n) is 19.0. The van der Waals surface area contributed by atoms with Crippen LogP contribution in [0, 0.1) is 28.6 Å². The van der Waals surface area contributed by atoms with Crippen molar-refractivity contribution in [3.8, 4) is 0 Å². The first-order valence-electron chi connectivity index (χ1n) is 11.9. The van der Waals surface area contributed by atoms with Gasteiger partial charge in [0.2, 0.25) is 0 Å². The number of aliphatic hydroxyl groups is 3. The molecule has 4 fully saturated rings. The molecule has 1 heterocycles. The lowest BCUT2D eigenvalue weighted by Crippen LogP contribution is -2.64. The summed E-state index contributed by atoms with van der Waals surface area (Å²) in [6.45, 7) is 5.37. The van der Waals surface area contributed by atoms with Crippen LogP contribution in [0.5, 0.6) is 0 Å². The van der Waals surface area contributed by atoms with Gasteiger partial charge < -0.3 is 24.8 Å². The largest absolute Gasteiger partial charge is 0.393 e. The number of carbonyl (C=O) groups is 2. The van der Waals surface area contributed by atoms with Crippen LogP contribution in [0.3, 0.4) is 0 Å². The molecule has 5 rings (SSSR count). The van der Waals surface area contributed by atoms with Gasteiger partial charge in [-0.15, -0.1) is 0 Å². The maximum atomic E-state index is 13.2. The molecule has 1 unspecified atom stereocenters. The van der Waals surface area contributed by atoms with E-state index < -0.39 is 47.6 Å². The van der Waals surface area contributed by atoms with Gasteiger partial charge in [0.1, 0.15) is 6.61 Å². The molecule has 0 aromatic rings. The predicted octanol–water partition coefficient (Wildman–Crippen LogP) is 1.69. The van der Waals surface area contributed by atoms with Gasteiger partial charge in [-0.1, -0.05) is 33.3 Å². The van der Waals surface area contributed by atoms with Gasteiger partial charge >= 0.3 is 0 Å². The van der Waals surface area contributed by atoms with Crippen molar-refractivity contribution in [3.63, 3.8) is 0 Å². The summed E-state index contributed by atoms with van der Waals surface area (Å²) in [7, 11) is 0. The number of hydrogen-bond donors (Lipinski definition) is 3. The minimum absolute atomic E-state index is 0.0296. The molecule has 0 aromatic heterocycles. The van der Waals surface area contributed by atoms with Crippen molar-refractivity contribution >= 4 is 11.6 Å². The van der Waals surface area contributed by atoms with Crippen LogP contribution < -0.4 is 0 Å². The number of carbonyl (C=O) groups excluding carboxylic acids is 2. The molecule has 1 saturated heterocycles. The van der Waals surface area contributed by atoms with Crippen LogP contribution in [0.4, 0.5) is 0 Å². The molecule has 176 valence electrons. The van der Waals surface area contributed by atoms with Crippen molar-refractivity contribution in [1.82, 2.24) is 0 Å². The number of rotatable bonds is 4. The maximum absolute atomic E-state index is 13.2. The van der Waals surface area contributed by atoms with Crippen molar-refractivity contribution in [2.24, 2.45) is 28.6 Å². The van der Waals surface area contributed by atoms with Crippen LogP contribution in [0.1, 0.15) is 52.9 Å². The Hall–Kier alpha value is -1.38. The average molecular weight is 447 g/mol. The average Bonchev–Trinajstić information content (AvgIpc) is 3.21. The van der Waals surface area contributed by atoms with Gasteiger partial charge in [-0.25, -0.2) is 0 Å². The van der Waals surface area contributed by atoms with Gasteiger partial charge in [0.05, 0.1) is 18.3 Å². The summed E-state index contributed by atoms with van der Waals surface area (Å²) >= 11 is 0.